The molecule has 1 aromatic heterocycles. The van der Waals surface area contributed by atoms with Crippen molar-refractivity contribution in [3.63, 3.8) is 0 Å². The topological polar surface area (TPSA) is 80.1 Å². The van der Waals surface area contributed by atoms with Crippen molar-refractivity contribution >= 4 is 11.8 Å². The van der Waals surface area contributed by atoms with Crippen LogP contribution in [0.2, 0.25) is 0 Å². The van der Waals surface area contributed by atoms with Crippen molar-refractivity contribution in [3.05, 3.63) is 47.0 Å². The molecule has 0 spiro atoms. The van der Waals surface area contributed by atoms with Crippen molar-refractivity contribution in [3.8, 4) is 0 Å². The summed E-state index contributed by atoms with van der Waals surface area (Å²) in [6.45, 7) is 1.61. The fraction of sp³-hybridized carbons (Fsp3) is 0.375. The van der Waals surface area contributed by atoms with Gasteiger partial charge in [0.25, 0.3) is 5.91 Å². The molecule has 7 nitrogen and oxygen atoms in total. The number of nitrogens with one attached hydrogen (secondary N) is 1. The molecule has 0 saturated carbocycles. The van der Waals surface area contributed by atoms with Crippen LogP contribution in [0.25, 0.3) is 0 Å². The van der Waals surface area contributed by atoms with Crippen LogP contribution >= 0.6 is 0 Å². The molecule has 1 aliphatic rings. The second-order valence-electron chi connectivity index (χ2n) is 5.95. The molecule has 0 saturated heterocycles. The maximum absolute atomic E-state index is 12.8. The molecule has 1 N–H and O–H groups in total. The SMILES string of the molecule is Cc1ccc(C(=O)NCC(=O)N2CCn3c(nnc3C(F)(F)F)C2)cc1. The average molecular weight is 367 g/mol. The number of alkyl halides is 3. The molecule has 0 unspecified atom stereocenters. The van der Waals surface area contributed by atoms with Crippen LogP contribution in [0.4, 0.5) is 13.2 Å². The second-order valence-corrected chi connectivity index (χ2v) is 5.95. The van der Waals surface area contributed by atoms with E-state index in [4.69, 9.17) is 0 Å². The van der Waals surface area contributed by atoms with Crippen LogP contribution in [-0.4, -0.2) is 44.6 Å². The van der Waals surface area contributed by atoms with Crippen molar-refractivity contribution in [1.29, 1.82) is 0 Å². The lowest BCUT2D eigenvalue weighted by Crippen LogP contribution is -2.44. The first-order valence-corrected chi connectivity index (χ1v) is 7.87. The smallest absolute Gasteiger partial charge is 0.343 e. The van der Waals surface area contributed by atoms with E-state index in [1.807, 2.05) is 6.92 Å². The van der Waals surface area contributed by atoms with Gasteiger partial charge < -0.3 is 14.8 Å². The Morgan fingerprint density at radius 2 is 1.85 bits per heavy atom. The molecule has 138 valence electrons. The van der Waals surface area contributed by atoms with Gasteiger partial charge in [0, 0.05) is 18.7 Å². The zero-order chi connectivity index (χ0) is 18.9. The Kier molecular flexibility index (Phi) is 4.66. The average Bonchev–Trinajstić information content (AvgIpc) is 3.03. The number of hydrogen-bond donors (Lipinski definition) is 1. The van der Waals surface area contributed by atoms with E-state index in [0.29, 0.717) is 5.56 Å². The number of nitrogens with zero attached hydrogens (tertiary/aromatic N) is 4. The van der Waals surface area contributed by atoms with Crippen LogP contribution in [0.1, 0.15) is 27.6 Å². The van der Waals surface area contributed by atoms with Crippen molar-refractivity contribution in [1.82, 2.24) is 25.0 Å². The van der Waals surface area contributed by atoms with Gasteiger partial charge in [-0.1, -0.05) is 17.7 Å². The first-order chi connectivity index (χ1) is 12.3. The Morgan fingerprint density at radius 3 is 2.50 bits per heavy atom. The molecular weight excluding hydrogens is 351 g/mol. The lowest BCUT2D eigenvalue weighted by atomic mass is 10.1. The molecule has 2 amide bonds. The van der Waals surface area contributed by atoms with Crippen molar-refractivity contribution in [2.45, 2.75) is 26.2 Å². The third-order valence-corrected chi connectivity index (χ3v) is 4.07. The Labute approximate surface area is 146 Å². The number of amides is 2. The summed E-state index contributed by atoms with van der Waals surface area (Å²) in [5.74, 6) is -1.78. The van der Waals surface area contributed by atoms with E-state index in [1.165, 1.54) is 4.90 Å². The monoisotopic (exact) mass is 367 g/mol. The number of carbonyl (C=O) groups excluding carboxylic acids is 2. The van der Waals surface area contributed by atoms with E-state index < -0.39 is 23.8 Å². The Morgan fingerprint density at radius 1 is 1.15 bits per heavy atom. The minimum atomic E-state index is -4.58. The Balaban J connectivity index is 1.59. The highest BCUT2D eigenvalue weighted by Gasteiger charge is 2.39. The van der Waals surface area contributed by atoms with Gasteiger partial charge in [0.2, 0.25) is 11.7 Å². The third-order valence-electron chi connectivity index (χ3n) is 4.07. The first-order valence-electron chi connectivity index (χ1n) is 7.87. The summed E-state index contributed by atoms with van der Waals surface area (Å²) in [5.41, 5.74) is 1.44. The number of halogens is 3. The number of aryl methyl sites for hydroxylation is 1. The Hall–Kier alpha value is -2.91. The molecule has 3 rings (SSSR count). The fourth-order valence-electron chi connectivity index (χ4n) is 2.65. The van der Waals surface area contributed by atoms with Gasteiger partial charge in [-0.2, -0.15) is 13.2 Å². The molecule has 1 aromatic carbocycles. The van der Waals surface area contributed by atoms with Gasteiger partial charge >= 0.3 is 6.18 Å². The van der Waals surface area contributed by atoms with Gasteiger partial charge in [-0.25, -0.2) is 0 Å². The lowest BCUT2D eigenvalue weighted by molar-refractivity contribution is -0.148. The molecule has 0 atom stereocenters. The summed E-state index contributed by atoms with van der Waals surface area (Å²) in [4.78, 5) is 25.6. The molecular formula is C16H16F3N5O2. The number of aromatic nitrogens is 3. The zero-order valence-electron chi connectivity index (χ0n) is 13.9. The highest BCUT2D eigenvalue weighted by molar-refractivity contribution is 5.96. The summed E-state index contributed by atoms with van der Waals surface area (Å²) < 4.78 is 39.4. The van der Waals surface area contributed by atoms with Crippen molar-refractivity contribution < 1.29 is 22.8 Å². The van der Waals surface area contributed by atoms with Crippen molar-refractivity contribution in [2.75, 3.05) is 13.1 Å². The number of fused-ring (bicyclic) bond motifs is 1. The molecule has 0 radical (unpaired) electrons. The lowest BCUT2D eigenvalue weighted by Gasteiger charge is -2.28. The van der Waals surface area contributed by atoms with Crippen LogP contribution in [0, 0.1) is 6.92 Å². The zero-order valence-corrected chi connectivity index (χ0v) is 13.9. The molecule has 1 aliphatic heterocycles. The summed E-state index contributed by atoms with van der Waals surface area (Å²) in [7, 11) is 0. The molecule has 0 fully saturated rings. The van der Waals surface area contributed by atoms with Gasteiger partial charge in [-0.15, -0.1) is 10.2 Å². The Bertz CT molecular complexity index is 829. The fourth-order valence-corrected chi connectivity index (χ4v) is 2.65. The van der Waals surface area contributed by atoms with Crippen molar-refractivity contribution in [2.24, 2.45) is 0 Å². The van der Waals surface area contributed by atoms with Crippen LogP contribution < -0.4 is 5.32 Å². The molecule has 26 heavy (non-hydrogen) atoms. The molecule has 0 aliphatic carbocycles. The number of hydrogen-bond acceptors (Lipinski definition) is 4. The van der Waals surface area contributed by atoms with Crippen LogP contribution in [0.3, 0.4) is 0 Å². The second kappa shape index (κ2) is 6.77. The van der Waals surface area contributed by atoms with E-state index in [1.54, 1.807) is 24.3 Å². The maximum atomic E-state index is 12.8. The number of rotatable bonds is 3. The molecule has 2 heterocycles. The van der Waals surface area contributed by atoms with Gasteiger partial charge in [0.15, 0.2) is 5.82 Å². The minimum Gasteiger partial charge on any atom is -0.343 e. The van der Waals surface area contributed by atoms with E-state index in [0.717, 1.165) is 10.1 Å². The molecule has 2 aromatic rings. The number of benzene rings is 1. The van der Waals surface area contributed by atoms with E-state index >= 15 is 0 Å². The standard InChI is InChI=1S/C16H16F3N5O2/c1-10-2-4-11(5-3-10)14(26)20-8-13(25)23-6-7-24-12(9-23)21-22-15(24)16(17,18)19/h2-5H,6-9H2,1H3,(H,20,26). The summed E-state index contributed by atoms with van der Waals surface area (Å²) in [5, 5.41) is 9.20. The van der Waals surface area contributed by atoms with E-state index in [9.17, 15) is 22.8 Å². The highest BCUT2D eigenvalue weighted by Crippen LogP contribution is 2.29. The summed E-state index contributed by atoms with van der Waals surface area (Å²) in [6, 6.07) is 6.87. The van der Waals surface area contributed by atoms with Crippen LogP contribution in [0.5, 0.6) is 0 Å². The van der Waals surface area contributed by atoms with E-state index in [-0.39, 0.29) is 32.0 Å². The van der Waals surface area contributed by atoms with Crippen LogP contribution in [-0.2, 0) is 24.1 Å². The van der Waals surface area contributed by atoms with E-state index in [2.05, 4.69) is 15.5 Å². The predicted octanol–water partition coefficient (Wildman–Crippen LogP) is 1.38. The van der Waals surface area contributed by atoms with Gasteiger partial charge in [-0.3, -0.25) is 9.59 Å². The number of carbonyl (C=O) groups is 2. The molecule has 0 bridgehead atoms. The quantitative estimate of drug-likeness (QED) is 0.889. The van der Waals surface area contributed by atoms with Gasteiger partial charge in [0.05, 0.1) is 13.1 Å². The molecule has 10 heteroatoms. The summed E-state index contributed by atoms with van der Waals surface area (Å²) in [6.07, 6.45) is -4.58. The largest absolute Gasteiger partial charge is 0.451 e. The van der Waals surface area contributed by atoms with Gasteiger partial charge in [-0.05, 0) is 19.1 Å². The normalized spacial score (nSPS) is 14.1. The maximum Gasteiger partial charge on any atom is 0.451 e. The predicted molar refractivity (Wildman–Crippen MR) is 84.0 cm³/mol. The minimum absolute atomic E-state index is 0.0468. The van der Waals surface area contributed by atoms with Crippen LogP contribution in [0.15, 0.2) is 24.3 Å². The third kappa shape index (κ3) is 3.68. The van der Waals surface area contributed by atoms with Gasteiger partial charge in [0.1, 0.15) is 0 Å². The summed E-state index contributed by atoms with van der Waals surface area (Å²) >= 11 is 0. The highest BCUT2D eigenvalue weighted by atomic mass is 19.4. The first kappa shape index (κ1) is 17.9.